The molecule has 2 aromatic heterocycles. The van der Waals surface area contributed by atoms with Crippen LogP contribution in [0.1, 0.15) is 16.8 Å². The molecule has 0 aliphatic carbocycles. The van der Waals surface area contributed by atoms with Gasteiger partial charge in [-0.25, -0.2) is 4.98 Å². The van der Waals surface area contributed by atoms with Crippen LogP contribution in [0, 0.1) is 3.70 Å². The van der Waals surface area contributed by atoms with E-state index in [0.29, 0.717) is 0 Å². The monoisotopic (exact) mass is 327 g/mol. The summed E-state index contributed by atoms with van der Waals surface area (Å²) in [6, 6.07) is 3.71. The summed E-state index contributed by atoms with van der Waals surface area (Å²) < 4.78 is 3.02. The summed E-state index contributed by atoms with van der Waals surface area (Å²) in [5, 5.41) is 0. The molecular weight excluding hydrogens is 317 g/mol. The summed E-state index contributed by atoms with van der Waals surface area (Å²) in [6.07, 6.45) is 4.82. The zero-order valence-electron chi connectivity index (χ0n) is 8.56. The third kappa shape index (κ3) is 1.50. The number of aromatic nitrogens is 2. The van der Waals surface area contributed by atoms with Crippen LogP contribution in [0.2, 0.25) is 0 Å². The first-order chi connectivity index (χ1) is 7.75. The van der Waals surface area contributed by atoms with Crippen LogP contribution in [0.5, 0.6) is 0 Å². The highest BCUT2D eigenvalue weighted by Crippen LogP contribution is 2.15. The Labute approximate surface area is 106 Å². The molecule has 0 unspecified atom stereocenters. The number of carbonyl (C=O) groups is 1. The van der Waals surface area contributed by atoms with Crippen LogP contribution < -0.4 is 0 Å². The van der Waals surface area contributed by atoms with Gasteiger partial charge in [0.25, 0.3) is 5.91 Å². The lowest BCUT2D eigenvalue weighted by Gasteiger charge is -2.30. The van der Waals surface area contributed by atoms with Gasteiger partial charge in [0, 0.05) is 24.8 Å². The highest BCUT2D eigenvalue weighted by atomic mass is 127. The van der Waals surface area contributed by atoms with Crippen molar-refractivity contribution in [1.82, 2.24) is 14.3 Å². The molecule has 82 valence electrons. The minimum absolute atomic E-state index is 0.117. The van der Waals surface area contributed by atoms with E-state index in [4.69, 9.17) is 0 Å². The second-order valence-corrected chi connectivity index (χ2v) is 4.98. The lowest BCUT2D eigenvalue weighted by Crippen LogP contribution is -2.42. The van der Waals surface area contributed by atoms with Crippen molar-refractivity contribution in [2.24, 2.45) is 0 Å². The Morgan fingerprint density at radius 2 is 2.25 bits per heavy atom. The number of hydrogen-bond acceptors (Lipinski definition) is 2. The molecule has 5 heteroatoms. The van der Waals surface area contributed by atoms with Gasteiger partial charge in [-0.2, -0.15) is 0 Å². The van der Waals surface area contributed by atoms with Crippen LogP contribution in [0.4, 0.5) is 0 Å². The molecule has 1 saturated heterocycles. The van der Waals surface area contributed by atoms with Crippen LogP contribution in [0.25, 0.3) is 5.65 Å². The van der Waals surface area contributed by atoms with E-state index in [1.165, 1.54) is 0 Å². The van der Waals surface area contributed by atoms with Crippen molar-refractivity contribution in [2.75, 3.05) is 13.1 Å². The number of rotatable bonds is 1. The van der Waals surface area contributed by atoms with Crippen molar-refractivity contribution < 1.29 is 4.79 Å². The van der Waals surface area contributed by atoms with Crippen molar-refractivity contribution in [1.29, 1.82) is 0 Å². The maximum atomic E-state index is 12.0. The van der Waals surface area contributed by atoms with Gasteiger partial charge in [-0.05, 0) is 41.1 Å². The number of carbonyl (C=O) groups excluding carboxylic acids is 1. The first-order valence-corrected chi connectivity index (χ1v) is 6.25. The van der Waals surface area contributed by atoms with Gasteiger partial charge in [-0.15, -0.1) is 0 Å². The highest BCUT2D eigenvalue weighted by Gasteiger charge is 2.21. The first-order valence-electron chi connectivity index (χ1n) is 5.17. The van der Waals surface area contributed by atoms with Crippen molar-refractivity contribution in [3.05, 3.63) is 33.8 Å². The molecule has 0 radical (unpaired) electrons. The zero-order chi connectivity index (χ0) is 11.1. The molecule has 16 heavy (non-hydrogen) atoms. The van der Waals surface area contributed by atoms with E-state index in [2.05, 4.69) is 27.6 Å². The summed E-state index contributed by atoms with van der Waals surface area (Å²) in [6.45, 7) is 1.77. The summed E-state index contributed by atoms with van der Waals surface area (Å²) in [5.74, 6) is 0.117. The average molecular weight is 327 g/mol. The predicted octanol–water partition coefficient (Wildman–Crippen LogP) is 1.78. The number of halogens is 1. The molecule has 3 rings (SSSR count). The number of fused-ring (bicyclic) bond motifs is 1. The van der Waals surface area contributed by atoms with Gasteiger partial charge in [0.1, 0.15) is 9.35 Å². The zero-order valence-corrected chi connectivity index (χ0v) is 10.7. The van der Waals surface area contributed by atoms with Crippen LogP contribution in [-0.4, -0.2) is 33.3 Å². The number of amides is 1. The van der Waals surface area contributed by atoms with Crippen LogP contribution in [0.15, 0.2) is 24.5 Å². The maximum Gasteiger partial charge on any atom is 0.254 e. The Kier molecular flexibility index (Phi) is 2.34. The molecule has 3 heterocycles. The average Bonchev–Trinajstić information content (AvgIpc) is 2.57. The fourth-order valence-electron chi connectivity index (χ4n) is 1.78. The van der Waals surface area contributed by atoms with Gasteiger partial charge < -0.3 is 4.90 Å². The van der Waals surface area contributed by atoms with Crippen molar-refractivity contribution in [3.8, 4) is 0 Å². The minimum atomic E-state index is 0.117. The molecule has 0 atom stereocenters. The summed E-state index contributed by atoms with van der Waals surface area (Å²) in [7, 11) is 0. The third-order valence-electron chi connectivity index (χ3n) is 2.86. The van der Waals surface area contributed by atoms with E-state index in [1.54, 1.807) is 6.20 Å². The van der Waals surface area contributed by atoms with Gasteiger partial charge in [0.15, 0.2) is 0 Å². The van der Waals surface area contributed by atoms with E-state index in [9.17, 15) is 4.79 Å². The smallest absolute Gasteiger partial charge is 0.254 e. The number of pyridine rings is 1. The normalized spacial score (nSPS) is 15.2. The van der Waals surface area contributed by atoms with E-state index < -0.39 is 0 Å². The number of likely N-dealkylation sites (tertiary alicyclic amines) is 1. The van der Waals surface area contributed by atoms with Crippen LogP contribution >= 0.6 is 22.6 Å². The molecule has 1 aliphatic heterocycles. The Hall–Kier alpha value is -1.11. The van der Waals surface area contributed by atoms with Crippen molar-refractivity contribution in [2.45, 2.75) is 6.42 Å². The van der Waals surface area contributed by atoms with E-state index in [0.717, 1.165) is 34.4 Å². The Bertz CT molecular complexity index is 559. The molecule has 0 aromatic carbocycles. The fraction of sp³-hybridized carbons (Fsp3) is 0.273. The molecule has 0 saturated carbocycles. The summed E-state index contributed by atoms with van der Waals surface area (Å²) >= 11 is 2.22. The number of imidazole rings is 1. The lowest BCUT2D eigenvalue weighted by molar-refractivity contribution is 0.0652. The minimum Gasteiger partial charge on any atom is -0.339 e. The standard InChI is InChI=1S/C11H10IN3O/c12-9-7-13-10-6-8(2-5-15(9)10)11(16)14-3-1-4-14/h2,5-7H,1,3-4H2. The third-order valence-corrected chi connectivity index (χ3v) is 3.66. The number of hydrogen-bond donors (Lipinski definition) is 0. The van der Waals surface area contributed by atoms with Gasteiger partial charge in [-0.3, -0.25) is 9.20 Å². The second kappa shape index (κ2) is 3.73. The molecule has 0 bridgehead atoms. The Morgan fingerprint density at radius 1 is 1.44 bits per heavy atom. The van der Waals surface area contributed by atoms with E-state index >= 15 is 0 Å². The molecule has 0 N–H and O–H groups in total. The van der Waals surface area contributed by atoms with Crippen molar-refractivity contribution in [3.63, 3.8) is 0 Å². The highest BCUT2D eigenvalue weighted by molar-refractivity contribution is 14.1. The fourth-order valence-corrected chi connectivity index (χ4v) is 2.33. The summed E-state index contributed by atoms with van der Waals surface area (Å²) in [4.78, 5) is 18.1. The van der Waals surface area contributed by atoms with Gasteiger partial charge in [0.05, 0.1) is 6.20 Å². The van der Waals surface area contributed by atoms with Gasteiger partial charge in [0.2, 0.25) is 0 Å². The second-order valence-electron chi connectivity index (χ2n) is 3.87. The van der Waals surface area contributed by atoms with E-state index in [1.807, 2.05) is 27.6 Å². The predicted molar refractivity (Wildman–Crippen MR) is 68.4 cm³/mol. The van der Waals surface area contributed by atoms with Gasteiger partial charge >= 0.3 is 0 Å². The number of nitrogens with zero attached hydrogens (tertiary/aromatic N) is 3. The van der Waals surface area contributed by atoms with Gasteiger partial charge in [-0.1, -0.05) is 0 Å². The molecule has 1 amide bonds. The van der Waals surface area contributed by atoms with Crippen LogP contribution in [-0.2, 0) is 0 Å². The topological polar surface area (TPSA) is 37.6 Å². The molecule has 1 fully saturated rings. The largest absolute Gasteiger partial charge is 0.339 e. The first kappa shape index (κ1) is 10.1. The molecule has 4 nitrogen and oxygen atoms in total. The molecule has 1 aliphatic rings. The lowest BCUT2D eigenvalue weighted by atomic mass is 10.1. The molecule has 2 aromatic rings. The van der Waals surface area contributed by atoms with Crippen LogP contribution in [0.3, 0.4) is 0 Å². The summed E-state index contributed by atoms with van der Waals surface area (Å²) in [5.41, 5.74) is 1.56. The SMILES string of the molecule is O=C(c1ccn2c(I)cnc2c1)N1CCC1. The Morgan fingerprint density at radius 3 is 2.94 bits per heavy atom. The van der Waals surface area contributed by atoms with E-state index in [-0.39, 0.29) is 5.91 Å². The molecule has 0 spiro atoms. The quantitative estimate of drug-likeness (QED) is 0.749. The Balaban J connectivity index is 2.01. The maximum absolute atomic E-state index is 12.0. The molecular formula is C11H10IN3O. The van der Waals surface area contributed by atoms with Crippen molar-refractivity contribution >= 4 is 34.1 Å².